The number of carbonyl (C=O) groups excluding carboxylic acids is 5. The van der Waals surface area contributed by atoms with Gasteiger partial charge in [0.2, 0.25) is 29.5 Å². The van der Waals surface area contributed by atoms with Crippen LogP contribution in [0.5, 0.6) is 0 Å². The van der Waals surface area contributed by atoms with Crippen LogP contribution in [0.2, 0.25) is 0 Å². The summed E-state index contributed by atoms with van der Waals surface area (Å²) in [5.74, 6) is -5.65. The summed E-state index contributed by atoms with van der Waals surface area (Å²) in [5, 5.41) is 27.6. The van der Waals surface area contributed by atoms with Gasteiger partial charge in [0, 0.05) is 6.42 Å². The van der Waals surface area contributed by atoms with Crippen molar-refractivity contribution in [3.8, 4) is 0 Å². The zero-order chi connectivity index (χ0) is 23.6. The Labute approximate surface area is 177 Å². The average Bonchev–Trinajstić information content (AvgIpc) is 3.22. The minimum atomic E-state index is -1.64. The average molecular weight is 444 g/mol. The van der Waals surface area contributed by atoms with Crippen molar-refractivity contribution in [3.05, 3.63) is 0 Å². The van der Waals surface area contributed by atoms with E-state index in [9.17, 15) is 28.8 Å². The van der Waals surface area contributed by atoms with Crippen molar-refractivity contribution >= 4 is 35.5 Å². The molecule has 31 heavy (non-hydrogen) atoms. The summed E-state index contributed by atoms with van der Waals surface area (Å²) in [4.78, 5) is 70.8. The van der Waals surface area contributed by atoms with E-state index in [-0.39, 0.29) is 12.8 Å². The molecule has 174 valence electrons. The molecule has 0 radical (unpaired) electrons. The quantitative estimate of drug-likeness (QED) is 0.136. The van der Waals surface area contributed by atoms with Crippen LogP contribution in [-0.2, 0) is 28.8 Å². The highest BCUT2D eigenvalue weighted by Gasteiger charge is 2.32. The van der Waals surface area contributed by atoms with Gasteiger partial charge in [0.25, 0.3) is 0 Å². The number of carboxylic acid groups (broad SMARTS) is 1. The lowest BCUT2D eigenvalue weighted by Crippen LogP contribution is -2.58. The first-order chi connectivity index (χ1) is 14.5. The van der Waals surface area contributed by atoms with Gasteiger partial charge in [0.1, 0.15) is 18.1 Å². The number of primary amides is 2. The molecule has 0 bridgehead atoms. The fourth-order valence-electron chi connectivity index (χ4n) is 2.88. The van der Waals surface area contributed by atoms with E-state index < -0.39 is 72.7 Å². The molecule has 1 aliphatic rings. The van der Waals surface area contributed by atoms with E-state index in [1.165, 1.54) is 0 Å². The van der Waals surface area contributed by atoms with E-state index in [0.717, 1.165) is 6.42 Å². The normalized spacial score (nSPS) is 18.3. The molecule has 0 aromatic heterocycles. The second-order valence-electron chi connectivity index (χ2n) is 7.03. The predicted molar refractivity (Wildman–Crippen MR) is 104 cm³/mol. The number of amides is 5. The lowest BCUT2D eigenvalue weighted by Gasteiger charge is -2.24. The number of nitrogens with two attached hydrogens (primary N) is 2. The van der Waals surface area contributed by atoms with E-state index >= 15 is 0 Å². The highest BCUT2D eigenvalue weighted by atomic mass is 16.4. The van der Waals surface area contributed by atoms with Gasteiger partial charge in [-0.05, 0) is 25.8 Å². The molecule has 1 saturated heterocycles. The van der Waals surface area contributed by atoms with Crippen molar-refractivity contribution in [1.29, 1.82) is 0 Å². The van der Waals surface area contributed by atoms with Crippen molar-refractivity contribution in [2.75, 3.05) is 13.2 Å². The summed E-state index contributed by atoms with van der Waals surface area (Å²) in [5.41, 5.74) is 10.2. The molecule has 0 aromatic rings. The predicted octanol–water partition coefficient (Wildman–Crippen LogP) is -4.59. The van der Waals surface area contributed by atoms with Gasteiger partial charge in [0.05, 0.1) is 19.1 Å². The van der Waals surface area contributed by atoms with Gasteiger partial charge in [-0.25, -0.2) is 4.79 Å². The lowest BCUT2D eigenvalue weighted by molar-refractivity contribution is -0.143. The molecule has 5 amide bonds. The number of aliphatic hydroxyl groups is 1. The molecule has 1 fully saturated rings. The van der Waals surface area contributed by atoms with Gasteiger partial charge in [-0.2, -0.15) is 0 Å². The molecule has 1 heterocycles. The molecule has 4 atom stereocenters. The highest BCUT2D eigenvalue weighted by Crippen LogP contribution is 2.07. The van der Waals surface area contributed by atoms with E-state index in [0.29, 0.717) is 13.0 Å². The zero-order valence-electron chi connectivity index (χ0n) is 16.8. The van der Waals surface area contributed by atoms with E-state index in [2.05, 4.69) is 16.0 Å². The van der Waals surface area contributed by atoms with Crippen LogP contribution in [0, 0.1) is 0 Å². The first kappa shape index (κ1) is 25.8. The number of hydrogen-bond donors (Lipinski definition) is 8. The van der Waals surface area contributed by atoms with Gasteiger partial charge >= 0.3 is 5.97 Å². The van der Waals surface area contributed by atoms with E-state index in [1.807, 2.05) is 5.32 Å². The van der Waals surface area contributed by atoms with Crippen LogP contribution in [0.25, 0.3) is 0 Å². The van der Waals surface area contributed by atoms with Crippen LogP contribution in [0.4, 0.5) is 0 Å². The maximum Gasteiger partial charge on any atom is 0.328 e. The Bertz CT molecular complexity index is 709. The molecule has 0 aliphatic carbocycles. The Morgan fingerprint density at radius 3 is 2.03 bits per heavy atom. The molecule has 1 aliphatic heterocycles. The second-order valence-corrected chi connectivity index (χ2v) is 7.03. The molecular formula is C17H28N6O8. The highest BCUT2D eigenvalue weighted by molar-refractivity contribution is 5.96. The first-order valence-corrected chi connectivity index (χ1v) is 9.59. The smallest absolute Gasteiger partial charge is 0.328 e. The molecule has 1 rings (SSSR count). The SMILES string of the molecule is NC(=O)CCC(NC(=O)C(CC(N)=O)NC(=O)C1CCCN1)C(=O)NC(CO)C(=O)O. The van der Waals surface area contributed by atoms with Crippen LogP contribution in [0.15, 0.2) is 0 Å². The molecular weight excluding hydrogens is 416 g/mol. The number of aliphatic hydroxyl groups excluding tert-OH is 1. The number of rotatable bonds is 13. The first-order valence-electron chi connectivity index (χ1n) is 9.59. The Kier molecular flexibility index (Phi) is 10.3. The standard InChI is InChI=1S/C17H28N6O8/c18-12(25)4-3-9(15(28)23-11(7-24)17(30)31)21-16(29)10(6-13(19)26)22-14(27)8-2-1-5-20-8/h8-11,20,24H,1-7H2,(H2,18,25)(H2,19,26)(H,21,29)(H,22,27)(H,23,28)(H,30,31). The Morgan fingerprint density at radius 1 is 0.935 bits per heavy atom. The fraction of sp³-hybridized carbons (Fsp3) is 0.647. The summed E-state index contributed by atoms with van der Waals surface area (Å²) >= 11 is 0. The van der Waals surface area contributed by atoms with Crippen LogP contribution in [0.3, 0.4) is 0 Å². The van der Waals surface area contributed by atoms with Crippen molar-refractivity contribution in [1.82, 2.24) is 21.3 Å². The summed E-state index contributed by atoms with van der Waals surface area (Å²) in [7, 11) is 0. The van der Waals surface area contributed by atoms with Gasteiger partial charge in [-0.1, -0.05) is 0 Å². The third-order valence-electron chi connectivity index (χ3n) is 4.52. The number of nitrogens with one attached hydrogen (secondary N) is 4. The van der Waals surface area contributed by atoms with Crippen molar-refractivity contribution < 1.29 is 39.0 Å². The number of hydrogen-bond acceptors (Lipinski definition) is 8. The van der Waals surface area contributed by atoms with E-state index in [4.69, 9.17) is 21.7 Å². The third-order valence-corrected chi connectivity index (χ3v) is 4.52. The summed E-state index contributed by atoms with van der Waals surface area (Å²) in [6.07, 6.45) is 0.136. The van der Waals surface area contributed by atoms with E-state index in [1.54, 1.807) is 0 Å². The minimum Gasteiger partial charge on any atom is -0.480 e. The molecule has 0 spiro atoms. The molecule has 4 unspecified atom stereocenters. The second kappa shape index (κ2) is 12.4. The van der Waals surface area contributed by atoms with Gasteiger partial charge in [-0.15, -0.1) is 0 Å². The Morgan fingerprint density at radius 2 is 1.55 bits per heavy atom. The van der Waals surface area contributed by atoms with Crippen molar-refractivity contribution in [3.63, 3.8) is 0 Å². The van der Waals surface area contributed by atoms with Gasteiger partial charge < -0.3 is 42.9 Å². The van der Waals surface area contributed by atoms with Crippen molar-refractivity contribution in [2.24, 2.45) is 11.5 Å². The summed E-state index contributed by atoms with van der Waals surface area (Å²) in [6.45, 7) is -0.290. The Balaban J connectivity index is 2.91. The summed E-state index contributed by atoms with van der Waals surface area (Å²) < 4.78 is 0. The summed E-state index contributed by atoms with van der Waals surface area (Å²) in [6, 6.07) is -5.01. The lowest BCUT2D eigenvalue weighted by atomic mass is 10.1. The van der Waals surface area contributed by atoms with Gasteiger partial charge in [-0.3, -0.25) is 24.0 Å². The van der Waals surface area contributed by atoms with Crippen LogP contribution in [0.1, 0.15) is 32.1 Å². The molecule has 0 aromatic carbocycles. The molecule has 14 nitrogen and oxygen atoms in total. The van der Waals surface area contributed by atoms with Crippen LogP contribution in [-0.4, -0.2) is 83.0 Å². The van der Waals surface area contributed by atoms with Gasteiger partial charge in [0.15, 0.2) is 0 Å². The monoisotopic (exact) mass is 444 g/mol. The zero-order valence-corrected chi connectivity index (χ0v) is 16.8. The topological polar surface area (TPSA) is 243 Å². The molecule has 14 heteroatoms. The Hall–Kier alpha value is -3.26. The molecule has 10 N–H and O–H groups in total. The minimum absolute atomic E-state index is 0.286. The van der Waals surface area contributed by atoms with Crippen molar-refractivity contribution in [2.45, 2.75) is 56.3 Å². The van der Waals surface area contributed by atoms with Crippen LogP contribution < -0.4 is 32.7 Å². The molecule has 0 saturated carbocycles. The number of carbonyl (C=O) groups is 6. The number of aliphatic carboxylic acids is 1. The maximum absolute atomic E-state index is 12.7. The fourth-order valence-corrected chi connectivity index (χ4v) is 2.88. The maximum atomic E-state index is 12.7. The largest absolute Gasteiger partial charge is 0.480 e. The third kappa shape index (κ3) is 8.96. The van der Waals surface area contributed by atoms with Crippen LogP contribution >= 0.6 is 0 Å². The number of carboxylic acids is 1.